The van der Waals surface area contributed by atoms with E-state index < -0.39 is 24.3 Å². The van der Waals surface area contributed by atoms with E-state index in [0.29, 0.717) is 23.9 Å². The molecule has 2 unspecified atom stereocenters. The molecular formula is C63H112NO8+. The average molecular weight is 1010 g/mol. The van der Waals surface area contributed by atoms with Crippen LogP contribution in [0.15, 0.2) is 72.9 Å². The molecule has 0 aliphatic carbocycles. The number of likely N-dealkylation sites (N-methyl/N-ethyl adjacent to an activating group) is 1. The van der Waals surface area contributed by atoms with Crippen LogP contribution in [0.1, 0.15) is 251 Å². The topological polar surface area (TPSA) is 108 Å². The first-order chi connectivity index (χ1) is 35.1. The predicted molar refractivity (Wildman–Crippen MR) is 304 cm³/mol. The normalized spacial score (nSPS) is 13.3. The monoisotopic (exact) mass is 1010 g/mol. The summed E-state index contributed by atoms with van der Waals surface area (Å²) in [5.74, 6) is -2.01. The van der Waals surface area contributed by atoms with Gasteiger partial charge >= 0.3 is 17.9 Å². The zero-order valence-electron chi connectivity index (χ0n) is 47.3. The number of hydrogen-bond acceptors (Lipinski definition) is 7. The first-order valence-electron chi connectivity index (χ1n) is 29.6. The molecule has 1 N–H and O–H groups in total. The lowest BCUT2D eigenvalue weighted by Crippen LogP contribution is -2.40. The number of carbonyl (C=O) groups excluding carboxylic acids is 2. The van der Waals surface area contributed by atoms with Crippen molar-refractivity contribution in [3.8, 4) is 0 Å². The van der Waals surface area contributed by atoms with E-state index in [1.807, 2.05) is 21.1 Å². The Morgan fingerprint density at radius 3 is 1.18 bits per heavy atom. The van der Waals surface area contributed by atoms with Gasteiger partial charge in [-0.3, -0.25) is 9.59 Å². The van der Waals surface area contributed by atoms with Gasteiger partial charge in [0.05, 0.1) is 34.4 Å². The third-order valence-corrected chi connectivity index (χ3v) is 12.7. The summed E-state index contributed by atoms with van der Waals surface area (Å²) in [6.07, 6.45) is 66.9. The maximum absolute atomic E-state index is 12.9. The molecule has 0 bridgehead atoms. The molecule has 0 saturated heterocycles. The average Bonchev–Trinajstić information content (AvgIpc) is 3.35. The summed E-state index contributed by atoms with van der Waals surface area (Å²) in [4.78, 5) is 37.4. The lowest BCUT2D eigenvalue weighted by molar-refractivity contribution is -0.870. The number of ether oxygens (including phenoxy) is 4. The minimum Gasteiger partial charge on any atom is -0.477 e. The zero-order valence-corrected chi connectivity index (χ0v) is 47.3. The highest BCUT2D eigenvalue weighted by molar-refractivity contribution is 5.71. The van der Waals surface area contributed by atoms with E-state index in [1.54, 1.807) is 0 Å². The number of carbonyl (C=O) groups is 3. The van der Waals surface area contributed by atoms with Crippen LogP contribution >= 0.6 is 0 Å². The number of carboxylic acids is 1. The van der Waals surface area contributed by atoms with E-state index in [2.05, 4.69) is 86.8 Å². The number of hydrogen-bond donors (Lipinski definition) is 1. The van der Waals surface area contributed by atoms with Crippen molar-refractivity contribution in [3.63, 3.8) is 0 Å². The van der Waals surface area contributed by atoms with Crippen LogP contribution in [-0.4, -0.2) is 87.4 Å². The largest absolute Gasteiger partial charge is 0.477 e. The Labute approximate surface area is 443 Å². The molecule has 0 aromatic rings. The summed E-state index contributed by atoms with van der Waals surface area (Å²) in [6, 6.07) is 0. The van der Waals surface area contributed by atoms with Gasteiger partial charge in [-0.25, -0.2) is 4.79 Å². The molecule has 0 aliphatic rings. The second-order valence-corrected chi connectivity index (χ2v) is 20.9. The number of unbranched alkanes of at least 4 members (excludes halogenated alkanes) is 27. The molecule has 2 atom stereocenters. The van der Waals surface area contributed by atoms with Crippen LogP contribution in [0, 0.1) is 0 Å². The van der Waals surface area contributed by atoms with Crippen LogP contribution in [0.5, 0.6) is 0 Å². The first-order valence-corrected chi connectivity index (χ1v) is 29.6. The van der Waals surface area contributed by atoms with Gasteiger partial charge in [0.15, 0.2) is 6.10 Å². The predicted octanol–water partition coefficient (Wildman–Crippen LogP) is 17.4. The number of aliphatic carboxylic acids is 1. The van der Waals surface area contributed by atoms with Gasteiger partial charge in [0.2, 0.25) is 0 Å². The number of allylic oxidation sites excluding steroid dienone is 12. The quantitative estimate of drug-likeness (QED) is 0.0211. The molecule has 72 heavy (non-hydrogen) atoms. The highest BCUT2D eigenvalue weighted by Crippen LogP contribution is 2.17. The van der Waals surface area contributed by atoms with Gasteiger partial charge in [-0.1, -0.05) is 247 Å². The Morgan fingerprint density at radius 1 is 0.431 bits per heavy atom. The molecule has 0 radical (unpaired) electrons. The summed E-state index contributed by atoms with van der Waals surface area (Å²) >= 11 is 0. The second kappa shape index (κ2) is 54.0. The van der Waals surface area contributed by atoms with Crippen LogP contribution in [0.3, 0.4) is 0 Å². The molecule has 9 heteroatoms. The van der Waals surface area contributed by atoms with E-state index >= 15 is 0 Å². The fraction of sp³-hybridized carbons (Fsp3) is 0.762. The van der Waals surface area contributed by atoms with Crippen molar-refractivity contribution in [1.29, 1.82) is 0 Å². The Morgan fingerprint density at radius 2 is 0.792 bits per heavy atom. The summed E-state index contributed by atoms with van der Waals surface area (Å²) in [6.45, 7) is 4.78. The second-order valence-electron chi connectivity index (χ2n) is 20.9. The van der Waals surface area contributed by atoms with Crippen molar-refractivity contribution < 1.29 is 42.9 Å². The van der Waals surface area contributed by atoms with Gasteiger partial charge in [-0.15, -0.1) is 0 Å². The van der Waals surface area contributed by atoms with Crippen LogP contribution < -0.4 is 0 Å². The van der Waals surface area contributed by atoms with Crippen molar-refractivity contribution >= 4 is 17.9 Å². The van der Waals surface area contributed by atoms with E-state index in [1.165, 1.54) is 135 Å². The summed E-state index contributed by atoms with van der Waals surface area (Å²) in [5.41, 5.74) is 0. The lowest BCUT2D eigenvalue weighted by atomic mass is 10.0. The molecule has 0 aromatic carbocycles. The van der Waals surface area contributed by atoms with Crippen molar-refractivity contribution in [2.45, 2.75) is 264 Å². The van der Waals surface area contributed by atoms with Gasteiger partial charge in [0.1, 0.15) is 13.2 Å². The molecule has 0 fully saturated rings. The summed E-state index contributed by atoms with van der Waals surface area (Å²) in [7, 11) is 5.97. The number of carboxylic acid groups (broad SMARTS) is 1. The standard InChI is InChI=1S/C63H111NO8/c1-6-8-10-12-14-16-18-20-22-24-26-28-29-30-31-32-33-34-36-38-40-42-44-46-48-50-52-54-61(66)72-59(58-71-63(62(67)68)69-56-55-64(3,4)5)57-70-60(65)53-51-49-47-45-43-41-39-37-35-27-25-23-21-19-17-15-13-11-9-7-2/h8,10,14,16,20,22,26,28,30-31,33-34,59,63H,6-7,9,11-13,15,17-19,21,23-25,27,29,32,35-58H2,1-5H3/p+1/b10-8-,16-14-,22-20-,28-26-,31-30-,34-33-. The van der Waals surface area contributed by atoms with Crippen molar-refractivity contribution in [1.82, 2.24) is 0 Å². The minimum absolute atomic E-state index is 0.184. The first kappa shape index (κ1) is 68.7. The number of nitrogens with zero attached hydrogens (tertiary/aromatic N) is 1. The Bertz CT molecular complexity index is 1410. The van der Waals surface area contributed by atoms with Crippen molar-refractivity contribution in [2.24, 2.45) is 0 Å². The highest BCUT2D eigenvalue weighted by Gasteiger charge is 2.25. The number of rotatable bonds is 54. The minimum atomic E-state index is -1.51. The summed E-state index contributed by atoms with van der Waals surface area (Å²) in [5, 5.41) is 9.71. The van der Waals surface area contributed by atoms with Crippen molar-refractivity contribution in [3.05, 3.63) is 72.9 Å². The van der Waals surface area contributed by atoms with Gasteiger partial charge < -0.3 is 28.5 Å². The van der Waals surface area contributed by atoms with Crippen LogP contribution in [0.2, 0.25) is 0 Å². The molecule has 0 heterocycles. The molecule has 0 rings (SSSR count). The maximum atomic E-state index is 12.9. The smallest absolute Gasteiger partial charge is 0.361 e. The SMILES string of the molecule is CC/C=C\C/C=C\C/C=C\C/C=C\C/C=C\C/C=C\CCCCCCCCCCC(=O)OC(COC(=O)CCCCCCCCCCCCCCCCCCCCCC)COC(OCC[N+](C)(C)C)C(=O)O. The molecule has 0 amide bonds. The lowest BCUT2D eigenvalue weighted by Gasteiger charge is -2.25. The van der Waals surface area contributed by atoms with Gasteiger partial charge in [0, 0.05) is 12.8 Å². The number of esters is 2. The Balaban J connectivity index is 4.26. The van der Waals surface area contributed by atoms with Crippen LogP contribution in [0.4, 0.5) is 0 Å². The molecular weight excluding hydrogens is 899 g/mol. The third kappa shape index (κ3) is 54.5. The molecule has 9 nitrogen and oxygen atoms in total. The molecule has 0 aliphatic heterocycles. The van der Waals surface area contributed by atoms with Crippen LogP contribution in [-0.2, 0) is 33.3 Å². The fourth-order valence-electron chi connectivity index (χ4n) is 8.19. The number of quaternary nitrogens is 1. The Kier molecular flexibility index (Phi) is 51.6. The third-order valence-electron chi connectivity index (χ3n) is 12.7. The van der Waals surface area contributed by atoms with E-state index in [4.69, 9.17) is 18.9 Å². The van der Waals surface area contributed by atoms with E-state index in [9.17, 15) is 19.5 Å². The zero-order chi connectivity index (χ0) is 52.7. The summed E-state index contributed by atoms with van der Waals surface area (Å²) < 4.78 is 22.9. The van der Waals surface area contributed by atoms with E-state index in [0.717, 1.165) is 83.5 Å². The molecule has 416 valence electrons. The molecule has 0 saturated carbocycles. The van der Waals surface area contributed by atoms with Crippen molar-refractivity contribution in [2.75, 3.05) is 47.5 Å². The van der Waals surface area contributed by atoms with Gasteiger partial charge in [0.25, 0.3) is 6.29 Å². The van der Waals surface area contributed by atoms with Gasteiger partial charge in [-0.2, -0.15) is 0 Å². The molecule has 0 aromatic heterocycles. The molecule has 0 spiro atoms. The van der Waals surface area contributed by atoms with Gasteiger partial charge in [-0.05, 0) is 64.2 Å². The maximum Gasteiger partial charge on any atom is 0.361 e. The van der Waals surface area contributed by atoms with E-state index in [-0.39, 0.29) is 32.2 Å². The Hall–Kier alpha value is -3.27. The highest BCUT2D eigenvalue weighted by atomic mass is 16.7. The fourth-order valence-corrected chi connectivity index (χ4v) is 8.19. The van der Waals surface area contributed by atoms with Crippen LogP contribution in [0.25, 0.3) is 0 Å².